The maximum atomic E-state index is 11.8. The normalized spacial score (nSPS) is 11.1. The van der Waals surface area contributed by atoms with Crippen LogP contribution in [0.5, 0.6) is 0 Å². The van der Waals surface area contributed by atoms with Crippen molar-refractivity contribution in [3.8, 4) is 0 Å². The molecule has 1 amide bonds. The van der Waals surface area contributed by atoms with Crippen LogP contribution in [0.15, 0.2) is 60.0 Å². The first-order valence-electron chi connectivity index (χ1n) is 6.03. The number of amides is 1. The van der Waals surface area contributed by atoms with Crippen LogP contribution in [-0.2, 0) is 6.42 Å². The van der Waals surface area contributed by atoms with Gasteiger partial charge < -0.3 is 0 Å². The molecule has 0 unspecified atom stereocenters. The molecule has 0 radical (unpaired) electrons. The summed E-state index contributed by atoms with van der Waals surface area (Å²) in [4.78, 5) is 15.6. The van der Waals surface area contributed by atoms with Gasteiger partial charge in [0, 0.05) is 30.1 Å². The quantitative estimate of drug-likeness (QED) is 0.672. The molecule has 2 rings (SSSR count). The molecule has 0 fully saturated rings. The Morgan fingerprint density at radius 3 is 2.53 bits per heavy atom. The van der Waals surface area contributed by atoms with Gasteiger partial charge in [0.1, 0.15) is 0 Å². The van der Waals surface area contributed by atoms with E-state index in [9.17, 15) is 4.79 Å². The highest BCUT2D eigenvalue weighted by Gasteiger charge is 2.03. The van der Waals surface area contributed by atoms with Crippen LogP contribution in [0.4, 0.5) is 0 Å². The zero-order chi connectivity index (χ0) is 13.5. The van der Waals surface area contributed by atoms with Gasteiger partial charge in [0.15, 0.2) is 0 Å². The summed E-state index contributed by atoms with van der Waals surface area (Å²) in [5.74, 6) is -0.227. The van der Waals surface area contributed by atoms with E-state index in [4.69, 9.17) is 0 Å². The van der Waals surface area contributed by atoms with Crippen LogP contribution in [0.3, 0.4) is 0 Å². The number of carbonyl (C=O) groups excluding carboxylic acids is 1. The van der Waals surface area contributed by atoms with Gasteiger partial charge in [0.2, 0.25) is 0 Å². The van der Waals surface area contributed by atoms with Crippen LogP contribution in [0, 0.1) is 0 Å². The predicted molar refractivity (Wildman–Crippen MR) is 75.0 cm³/mol. The van der Waals surface area contributed by atoms with Crippen molar-refractivity contribution in [2.24, 2.45) is 5.10 Å². The Labute approximate surface area is 112 Å². The fraction of sp³-hybridized carbons (Fsp3) is 0.133. The van der Waals surface area contributed by atoms with Crippen LogP contribution in [-0.4, -0.2) is 16.6 Å². The smallest absolute Gasteiger partial charge is 0.267 e. The van der Waals surface area contributed by atoms with Crippen molar-refractivity contribution in [3.05, 3.63) is 66.0 Å². The molecule has 4 heteroatoms. The number of hydrazone groups is 1. The van der Waals surface area contributed by atoms with Gasteiger partial charge in [0.05, 0.1) is 0 Å². The summed E-state index contributed by atoms with van der Waals surface area (Å²) in [5.41, 5.74) is 5.11. The second-order valence-corrected chi connectivity index (χ2v) is 4.19. The van der Waals surface area contributed by atoms with Crippen molar-refractivity contribution >= 4 is 11.6 Å². The molecular formula is C15H15N3O. The minimum Gasteiger partial charge on any atom is -0.267 e. The van der Waals surface area contributed by atoms with Gasteiger partial charge in [-0.15, -0.1) is 0 Å². The fourth-order valence-corrected chi connectivity index (χ4v) is 1.64. The lowest BCUT2D eigenvalue weighted by atomic mass is 10.1. The van der Waals surface area contributed by atoms with Gasteiger partial charge in [-0.25, -0.2) is 5.43 Å². The molecular weight excluding hydrogens is 238 g/mol. The maximum Gasteiger partial charge on any atom is 0.271 e. The third-order valence-electron chi connectivity index (χ3n) is 2.59. The van der Waals surface area contributed by atoms with Gasteiger partial charge in [-0.2, -0.15) is 5.10 Å². The van der Waals surface area contributed by atoms with Gasteiger partial charge in [0.25, 0.3) is 5.91 Å². The number of aromatic nitrogens is 1. The fourth-order valence-electron chi connectivity index (χ4n) is 1.64. The molecule has 0 aliphatic heterocycles. The highest BCUT2D eigenvalue weighted by molar-refractivity contribution is 5.95. The van der Waals surface area contributed by atoms with Crippen molar-refractivity contribution < 1.29 is 4.79 Å². The van der Waals surface area contributed by atoms with E-state index in [2.05, 4.69) is 15.5 Å². The molecule has 0 bridgehead atoms. The van der Waals surface area contributed by atoms with E-state index < -0.39 is 0 Å². The minimum absolute atomic E-state index is 0.227. The lowest BCUT2D eigenvalue weighted by Crippen LogP contribution is -2.19. The number of hydrogen-bond donors (Lipinski definition) is 1. The average Bonchev–Trinajstić information content (AvgIpc) is 2.47. The van der Waals surface area contributed by atoms with E-state index in [0.717, 1.165) is 12.1 Å². The van der Waals surface area contributed by atoms with E-state index in [-0.39, 0.29) is 5.91 Å². The number of pyridine rings is 1. The summed E-state index contributed by atoms with van der Waals surface area (Å²) in [6.45, 7) is 1.89. The van der Waals surface area contributed by atoms with Crippen molar-refractivity contribution in [2.75, 3.05) is 0 Å². The lowest BCUT2D eigenvalue weighted by molar-refractivity contribution is 0.0954. The van der Waals surface area contributed by atoms with Crippen LogP contribution < -0.4 is 5.43 Å². The third-order valence-corrected chi connectivity index (χ3v) is 2.59. The predicted octanol–water partition coefficient (Wildman–Crippen LogP) is 2.43. The van der Waals surface area contributed by atoms with Gasteiger partial charge in [-0.05, 0) is 24.6 Å². The Morgan fingerprint density at radius 2 is 1.84 bits per heavy atom. The van der Waals surface area contributed by atoms with Crippen molar-refractivity contribution in [1.82, 2.24) is 10.4 Å². The van der Waals surface area contributed by atoms with Crippen LogP contribution in [0.1, 0.15) is 22.8 Å². The molecule has 19 heavy (non-hydrogen) atoms. The summed E-state index contributed by atoms with van der Waals surface area (Å²) >= 11 is 0. The molecule has 0 saturated heterocycles. The van der Waals surface area contributed by atoms with Crippen molar-refractivity contribution in [1.29, 1.82) is 0 Å². The Kier molecular flexibility index (Phi) is 4.39. The summed E-state index contributed by atoms with van der Waals surface area (Å²) in [7, 11) is 0. The van der Waals surface area contributed by atoms with E-state index in [0.29, 0.717) is 5.56 Å². The molecule has 96 valence electrons. The number of hydrogen-bond acceptors (Lipinski definition) is 3. The monoisotopic (exact) mass is 253 g/mol. The first-order valence-corrected chi connectivity index (χ1v) is 6.03. The molecule has 4 nitrogen and oxygen atoms in total. The lowest BCUT2D eigenvalue weighted by Gasteiger charge is -2.03. The number of benzene rings is 1. The molecule has 2 aromatic rings. The highest BCUT2D eigenvalue weighted by atomic mass is 16.2. The molecule has 0 saturated carbocycles. The second kappa shape index (κ2) is 6.44. The summed E-state index contributed by atoms with van der Waals surface area (Å²) in [5, 5.41) is 4.09. The number of carbonyl (C=O) groups is 1. The van der Waals surface area contributed by atoms with Crippen molar-refractivity contribution in [3.63, 3.8) is 0 Å². The second-order valence-electron chi connectivity index (χ2n) is 4.19. The first-order chi connectivity index (χ1) is 9.25. The summed E-state index contributed by atoms with van der Waals surface area (Å²) in [6.07, 6.45) is 3.88. The molecule has 1 aromatic heterocycles. The average molecular weight is 253 g/mol. The number of rotatable bonds is 4. The SMILES string of the molecule is C/C(Cc1ccccc1)=N\NC(=O)c1ccncc1. The molecule has 1 N–H and O–H groups in total. The molecule has 1 aromatic carbocycles. The maximum absolute atomic E-state index is 11.8. The van der Waals surface area contributed by atoms with Crippen LogP contribution in [0.25, 0.3) is 0 Å². The topological polar surface area (TPSA) is 54.4 Å². The third kappa shape index (κ3) is 4.03. The Bertz CT molecular complexity index is 564. The molecule has 0 aliphatic carbocycles. The minimum atomic E-state index is -0.227. The first kappa shape index (κ1) is 13.0. The van der Waals surface area contributed by atoms with E-state index in [1.807, 2.05) is 37.3 Å². The zero-order valence-corrected chi connectivity index (χ0v) is 10.7. The van der Waals surface area contributed by atoms with Gasteiger partial charge >= 0.3 is 0 Å². The Hall–Kier alpha value is -2.49. The highest BCUT2D eigenvalue weighted by Crippen LogP contribution is 2.01. The molecule has 0 atom stereocenters. The largest absolute Gasteiger partial charge is 0.271 e. The van der Waals surface area contributed by atoms with Crippen LogP contribution in [0.2, 0.25) is 0 Å². The molecule has 0 spiro atoms. The van der Waals surface area contributed by atoms with E-state index in [1.165, 1.54) is 5.56 Å². The van der Waals surface area contributed by atoms with Crippen molar-refractivity contribution in [2.45, 2.75) is 13.3 Å². The van der Waals surface area contributed by atoms with Gasteiger partial charge in [-0.3, -0.25) is 9.78 Å². The molecule has 0 aliphatic rings. The Morgan fingerprint density at radius 1 is 1.16 bits per heavy atom. The number of nitrogens with zero attached hydrogens (tertiary/aromatic N) is 2. The van der Waals surface area contributed by atoms with E-state index in [1.54, 1.807) is 24.5 Å². The Balaban J connectivity index is 1.93. The summed E-state index contributed by atoms with van der Waals surface area (Å²) in [6, 6.07) is 13.3. The number of nitrogens with one attached hydrogen (secondary N) is 1. The molecule has 1 heterocycles. The van der Waals surface area contributed by atoms with Gasteiger partial charge in [-0.1, -0.05) is 30.3 Å². The zero-order valence-electron chi connectivity index (χ0n) is 10.7. The summed E-state index contributed by atoms with van der Waals surface area (Å²) < 4.78 is 0. The standard InChI is InChI=1S/C15H15N3O/c1-12(11-13-5-3-2-4-6-13)17-18-15(19)14-7-9-16-10-8-14/h2-10H,11H2,1H3,(H,18,19)/b17-12+. The van der Waals surface area contributed by atoms with Crippen LogP contribution >= 0.6 is 0 Å². The van der Waals surface area contributed by atoms with E-state index >= 15 is 0 Å².